The second-order valence-electron chi connectivity index (χ2n) is 4.82. The van der Waals surface area contributed by atoms with Crippen LogP contribution in [0.2, 0.25) is 0 Å². The van der Waals surface area contributed by atoms with E-state index in [9.17, 15) is 5.11 Å². The Hall–Kier alpha value is -0.0400. The Labute approximate surface area is 69.8 Å². The maximum atomic E-state index is 9.70. The van der Waals surface area contributed by atoms with Crippen LogP contribution in [0.5, 0.6) is 0 Å². The van der Waals surface area contributed by atoms with Crippen molar-refractivity contribution in [3.8, 4) is 0 Å². The highest BCUT2D eigenvalue weighted by molar-refractivity contribution is 4.83. The van der Waals surface area contributed by atoms with Crippen LogP contribution >= 0.6 is 0 Å². The first kappa shape index (κ1) is 9.05. The molecule has 66 valence electrons. The van der Waals surface area contributed by atoms with Gasteiger partial charge in [-0.15, -0.1) is 0 Å². The molecule has 1 nitrogen and oxygen atoms in total. The van der Waals surface area contributed by atoms with E-state index in [4.69, 9.17) is 0 Å². The van der Waals surface area contributed by atoms with Gasteiger partial charge in [-0.05, 0) is 24.2 Å². The van der Waals surface area contributed by atoms with E-state index in [2.05, 4.69) is 20.8 Å². The Kier molecular flexibility index (Phi) is 2.58. The molecule has 1 rings (SSSR count). The maximum Gasteiger partial charge on any atom is 0.0573 e. The van der Waals surface area contributed by atoms with Crippen molar-refractivity contribution < 1.29 is 5.11 Å². The van der Waals surface area contributed by atoms with Crippen molar-refractivity contribution in [3.05, 3.63) is 0 Å². The molecular formula is C10H20O. The first-order valence-electron chi connectivity index (χ1n) is 4.70. The Morgan fingerprint density at radius 2 is 1.64 bits per heavy atom. The average molecular weight is 156 g/mol. The van der Waals surface area contributed by atoms with Crippen LogP contribution in [0, 0.1) is 11.3 Å². The quantitative estimate of drug-likeness (QED) is 0.571. The lowest BCUT2D eigenvalue weighted by Gasteiger charge is -2.37. The largest absolute Gasteiger partial charge is 0.393 e. The van der Waals surface area contributed by atoms with E-state index in [1.165, 1.54) is 19.3 Å². The van der Waals surface area contributed by atoms with Crippen LogP contribution in [0.15, 0.2) is 0 Å². The van der Waals surface area contributed by atoms with Crippen molar-refractivity contribution in [1.29, 1.82) is 0 Å². The van der Waals surface area contributed by atoms with Gasteiger partial charge >= 0.3 is 0 Å². The van der Waals surface area contributed by atoms with E-state index in [1.807, 2.05) is 0 Å². The van der Waals surface area contributed by atoms with Crippen LogP contribution in [0.4, 0.5) is 0 Å². The molecule has 0 bridgehead atoms. The van der Waals surface area contributed by atoms with Gasteiger partial charge in [0, 0.05) is 0 Å². The van der Waals surface area contributed by atoms with E-state index in [0.29, 0.717) is 11.3 Å². The smallest absolute Gasteiger partial charge is 0.0573 e. The minimum atomic E-state index is -0.0382. The monoisotopic (exact) mass is 156 g/mol. The number of rotatable bonds is 0. The van der Waals surface area contributed by atoms with Crippen LogP contribution in [0.1, 0.15) is 46.5 Å². The van der Waals surface area contributed by atoms with Gasteiger partial charge < -0.3 is 5.11 Å². The molecule has 2 atom stereocenters. The van der Waals surface area contributed by atoms with E-state index in [1.54, 1.807) is 0 Å². The van der Waals surface area contributed by atoms with Gasteiger partial charge in [0.1, 0.15) is 0 Å². The molecule has 0 amide bonds. The molecule has 0 unspecified atom stereocenters. The first-order chi connectivity index (χ1) is 5.02. The molecule has 11 heavy (non-hydrogen) atoms. The number of aliphatic hydroxyl groups is 1. The van der Waals surface area contributed by atoms with Gasteiger partial charge in [-0.3, -0.25) is 0 Å². The van der Waals surface area contributed by atoms with Gasteiger partial charge in [0.25, 0.3) is 0 Å². The molecule has 0 aromatic rings. The summed E-state index contributed by atoms with van der Waals surface area (Å²) in [5, 5.41) is 9.70. The summed E-state index contributed by atoms with van der Waals surface area (Å²) in [6.07, 6.45) is 4.71. The van der Waals surface area contributed by atoms with Gasteiger partial charge in [-0.2, -0.15) is 0 Å². The third kappa shape index (κ3) is 2.19. The summed E-state index contributed by atoms with van der Waals surface area (Å²) in [5.74, 6) is 0.524. The molecule has 1 aliphatic rings. The van der Waals surface area contributed by atoms with E-state index in [-0.39, 0.29) is 6.10 Å². The summed E-state index contributed by atoms with van der Waals surface area (Å²) in [5.41, 5.74) is 0.292. The summed E-state index contributed by atoms with van der Waals surface area (Å²) in [6, 6.07) is 0. The SMILES string of the molecule is CC(C)(C)[C@@H]1CCCC[C@@H]1O. The van der Waals surface area contributed by atoms with Crippen LogP contribution in [0.3, 0.4) is 0 Å². The molecule has 1 heteroatoms. The predicted molar refractivity (Wildman–Crippen MR) is 47.4 cm³/mol. The molecule has 0 radical (unpaired) electrons. The van der Waals surface area contributed by atoms with Gasteiger partial charge in [0.2, 0.25) is 0 Å². The van der Waals surface area contributed by atoms with E-state index < -0.39 is 0 Å². The third-order valence-electron chi connectivity index (χ3n) is 2.84. The molecule has 1 saturated carbocycles. The molecule has 1 fully saturated rings. The third-order valence-corrected chi connectivity index (χ3v) is 2.84. The molecular weight excluding hydrogens is 136 g/mol. The van der Waals surface area contributed by atoms with Crippen molar-refractivity contribution in [1.82, 2.24) is 0 Å². The Morgan fingerprint density at radius 3 is 2.00 bits per heavy atom. The van der Waals surface area contributed by atoms with Crippen LogP contribution in [-0.4, -0.2) is 11.2 Å². The summed E-state index contributed by atoms with van der Waals surface area (Å²) >= 11 is 0. The summed E-state index contributed by atoms with van der Waals surface area (Å²) < 4.78 is 0. The molecule has 0 aliphatic heterocycles. The molecule has 0 aromatic heterocycles. The van der Waals surface area contributed by atoms with Gasteiger partial charge in [-0.1, -0.05) is 33.6 Å². The lowest BCUT2D eigenvalue weighted by Crippen LogP contribution is -2.34. The Bertz CT molecular complexity index is 123. The second kappa shape index (κ2) is 3.14. The van der Waals surface area contributed by atoms with Gasteiger partial charge in [0.15, 0.2) is 0 Å². The number of hydrogen-bond donors (Lipinski definition) is 1. The van der Waals surface area contributed by atoms with Gasteiger partial charge in [0.05, 0.1) is 6.10 Å². The lowest BCUT2D eigenvalue weighted by molar-refractivity contribution is 0.0105. The number of hydrogen-bond acceptors (Lipinski definition) is 1. The van der Waals surface area contributed by atoms with Crippen molar-refractivity contribution in [2.24, 2.45) is 11.3 Å². The van der Waals surface area contributed by atoms with Crippen LogP contribution in [-0.2, 0) is 0 Å². The van der Waals surface area contributed by atoms with E-state index in [0.717, 1.165) is 6.42 Å². The predicted octanol–water partition coefficient (Wildman–Crippen LogP) is 2.58. The highest BCUT2D eigenvalue weighted by atomic mass is 16.3. The first-order valence-corrected chi connectivity index (χ1v) is 4.70. The molecule has 0 heterocycles. The van der Waals surface area contributed by atoms with Crippen molar-refractivity contribution in [2.75, 3.05) is 0 Å². The van der Waals surface area contributed by atoms with Crippen molar-refractivity contribution in [2.45, 2.75) is 52.6 Å². The summed E-state index contributed by atoms with van der Waals surface area (Å²) in [7, 11) is 0. The summed E-state index contributed by atoms with van der Waals surface area (Å²) in [4.78, 5) is 0. The molecule has 0 saturated heterocycles. The number of aliphatic hydroxyl groups excluding tert-OH is 1. The Morgan fingerprint density at radius 1 is 1.09 bits per heavy atom. The average Bonchev–Trinajstić information content (AvgIpc) is 1.86. The molecule has 0 spiro atoms. The zero-order chi connectivity index (χ0) is 8.48. The standard InChI is InChI=1S/C10H20O/c1-10(2,3)8-6-4-5-7-9(8)11/h8-9,11H,4-7H2,1-3H3/t8-,9+/m1/s1. The zero-order valence-corrected chi connectivity index (χ0v) is 7.93. The summed E-state index contributed by atoms with van der Waals surface area (Å²) in [6.45, 7) is 6.69. The van der Waals surface area contributed by atoms with Gasteiger partial charge in [-0.25, -0.2) is 0 Å². The topological polar surface area (TPSA) is 20.2 Å². The minimum absolute atomic E-state index is 0.0382. The highest BCUT2D eigenvalue weighted by Crippen LogP contribution is 2.37. The van der Waals surface area contributed by atoms with E-state index >= 15 is 0 Å². The fourth-order valence-corrected chi connectivity index (χ4v) is 2.12. The molecule has 1 N–H and O–H groups in total. The van der Waals surface area contributed by atoms with Crippen LogP contribution in [0.25, 0.3) is 0 Å². The maximum absolute atomic E-state index is 9.70. The zero-order valence-electron chi connectivity index (χ0n) is 7.93. The highest BCUT2D eigenvalue weighted by Gasteiger charge is 2.32. The fourth-order valence-electron chi connectivity index (χ4n) is 2.12. The normalized spacial score (nSPS) is 33.8. The van der Waals surface area contributed by atoms with Crippen molar-refractivity contribution >= 4 is 0 Å². The molecule has 0 aromatic carbocycles. The van der Waals surface area contributed by atoms with Crippen LogP contribution < -0.4 is 0 Å². The lowest BCUT2D eigenvalue weighted by atomic mass is 9.71. The second-order valence-corrected chi connectivity index (χ2v) is 4.82. The van der Waals surface area contributed by atoms with Crippen molar-refractivity contribution in [3.63, 3.8) is 0 Å². The minimum Gasteiger partial charge on any atom is -0.393 e. The molecule has 1 aliphatic carbocycles. The Balaban J connectivity index is 2.55. The fraction of sp³-hybridized carbons (Fsp3) is 1.00.